The molecule has 0 unspecified atom stereocenters. The van der Waals surface area contributed by atoms with Crippen molar-refractivity contribution in [1.82, 2.24) is 5.32 Å². The van der Waals surface area contributed by atoms with E-state index in [1.54, 1.807) is 0 Å². The van der Waals surface area contributed by atoms with Crippen LogP contribution in [0.25, 0.3) is 0 Å². The zero-order valence-electron chi connectivity index (χ0n) is 11.9. The average Bonchev–Trinajstić information content (AvgIpc) is 2.50. The number of nitriles is 1. The van der Waals surface area contributed by atoms with Crippen LogP contribution in [0.2, 0.25) is 0 Å². The Morgan fingerprint density at radius 3 is 2.71 bits per heavy atom. The number of carbonyl (C=O) groups excluding carboxylic acids is 1. The number of nitrogens with one attached hydrogen (secondary N) is 2. The van der Waals surface area contributed by atoms with E-state index in [-0.39, 0.29) is 5.57 Å². The summed E-state index contributed by atoms with van der Waals surface area (Å²) in [7, 11) is 0. The van der Waals surface area contributed by atoms with Crippen LogP contribution in [0, 0.1) is 11.3 Å². The first-order valence-corrected chi connectivity index (χ1v) is 7.18. The molecular formula is C15H18ClN3O2. The molecule has 6 heteroatoms. The quantitative estimate of drug-likeness (QED) is 0.335. The number of hydrogen-bond donors (Lipinski definition) is 2. The number of carbonyl (C=O) groups is 1. The van der Waals surface area contributed by atoms with Crippen LogP contribution in [0.4, 0.5) is 5.69 Å². The second-order valence-corrected chi connectivity index (χ2v) is 4.45. The number of rotatable bonds is 8. The first kappa shape index (κ1) is 16.9. The van der Waals surface area contributed by atoms with Crippen LogP contribution < -0.4 is 15.4 Å². The number of hydrogen-bond acceptors (Lipinski definition) is 4. The van der Waals surface area contributed by atoms with Gasteiger partial charge in [-0.25, -0.2) is 0 Å². The lowest BCUT2D eigenvalue weighted by atomic mass is 10.2. The Bertz CT molecular complexity index is 521. The van der Waals surface area contributed by atoms with Crippen molar-refractivity contribution < 1.29 is 9.53 Å². The van der Waals surface area contributed by atoms with Gasteiger partial charge in [0.15, 0.2) is 0 Å². The molecule has 0 aliphatic rings. The second kappa shape index (κ2) is 9.67. The molecule has 1 aromatic rings. The molecule has 0 fully saturated rings. The Kier molecular flexibility index (Phi) is 7.77. The summed E-state index contributed by atoms with van der Waals surface area (Å²) in [5, 5.41) is 14.5. The van der Waals surface area contributed by atoms with Crippen molar-refractivity contribution in [2.45, 2.75) is 13.3 Å². The molecule has 0 spiro atoms. The van der Waals surface area contributed by atoms with Crippen LogP contribution in [0.3, 0.4) is 0 Å². The van der Waals surface area contributed by atoms with Crippen LogP contribution in [0.5, 0.6) is 5.75 Å². The Labute approximate surface area is 129 Å². The van der Waals surface area contributed by atoms with Crippen LogP contribution in [-0.4, -0.2) is 24.9 Å². The first-order valence-electron chi connectivity index (χ1n) is 6.65. The highest BCUT2D eigenvalue weighted by atomic mass is 35.5. The van der Waals surface area contributed by atoms with Gasteiger partial charge < -0.3 is 15.4 Å². The summed E-state index contributed by atoms with van der Waals surface area (Å²) in [5.41, 5.74) is 0.776. The van der Waals surface area contributed by atoms with Gasteiger partial charge in [0.1, 0.15) is 17.4 Å². The van der Waals surface area contributed by atoms with E-state index in [0.717, 1.165) is 11.4 Å². The minimum atomic E-state index is -0.416. The molecule has 0 saturated heterocycles. The SMILES string of the molecule is CCOc1ccc(N/C=C(/C#N)C(=O)NCCCCl)cc1. The molecule has 0 atom stereocenters. The third-order valence-corrected chi connectivity index (χ3v) is 2.78. The summed E-state index contributed by atoms with van der Waals surface area (Å²) < 4.78 is 5.33. The standard InChI is InChI=1S/C15H18ClN3O2/c1-2-21-14-6-4-13(5-7-14)19-11-12(10-17)15(20)18-9-3-8-16/h4-7,11,19H,2-3,8-9H2,1H3,(H,18,20)/b12-11-. The highest BCUT2D eigenvalue weighted by Gasteiger charge is 2.07. The number of anilines is 1. The highest BCUT2D eigenvalue weighted by molar-refractivity contribution is 6.17. The fourth-order valence-electron chi connectivity index (χ4n) is 1.48. The Hall–Kier alpha value is -2.19. The molecule has 2 N–H and O–H groups in total. The maximum atomic E-state index is 11.7. The van der Waals surface area contributed by atoms with E-state index < -0.39 is 5.91 Å². The van der Waals surface area contributed by atoms with E-state index in [0.29, 0.717) is 25.5 Å². The van der Waals surface area contributed by atoms with Crippen LogP contribution >= 0.6 is 11.6 Å². The Morgan fingerprint density at radius 2 is 2.14 bits per heavy atom. The smallest absolute Gasteiger partial charge is 0.263 e. The summed E-state index contributed by atoms with van der Waals surface area (Å²) in [5.74, 6) is 0.823. The molecule has 0 radical (unpaired) electrons. The van der Waals surface area contributed by atoms with Crippen molar-refractivity contribution in [1.29, 1.82) is 5.26 Å². The first-order chi connectivity index (χ1) is 10.2. The lowest BCUT2D eigenvalue weighted by molar-refractivity contribution is -0.117. The fraction of sp³-hybridized carbons (Fsp3) is 0.333. The minimum Gasteiger partial charge on any atom is -0.494 e. The highest BCUT2D eigenvalue weighted by Crippen LogP contribution is 2.15. The molecule has 21 heavy (non-hydrogen) atoms. The van der Waals surface area contributed by atoms with Gasteiger partial charge in [0.05, 0.1) is 6.61 Å². The molecule has 1 amide bonds. The number of alkyl halides is 1. The molecular weight excluding hydrogens is 290 g/mol. The van der Waals surface area contributed by atoms with Gasteiger partial charge in [-0.3, -0.25) is 4.79 Å². The number of amides is 1. The summed E-state index contributed by atoms with van der Waals surface area (Å²) in [6, 6.07) is 9.10. The van der Waals surface area contributed by atoms with E-state index in [9.17, 15) is 4.79 Å². The molecule has 0 bridgehead atoms. The van der Waals surface area contributed by atoms with E-state index in [1.807, 2.05) is 37.3 Å². The van der Waals surface area contributed by atoms with Crippen molar-refractivity contribution in [2.24, 2.45) is 0 Å². The van der Waals surface area contributed by atoms with Crippen molar-refractivity contribution in [3.63, 3.8) is 0 Å². The molecule has 0 saturated carbocycles. The molecule has 1 aromatic carbocycles. The molecule has 0 aliphatic heterocycles. The largest absolute Gasteiger partial charge is 0.494 e. The normalized spacial score (nSPS) is 10.6. The molecule has 112 valence electrons. The number of ether oxygens (including phenoxy) is 1. The average molecular weight is 308 g/mol. The topological polar surface area (TPSA) is 74.1 Å². The monoisotopic (exact) mass is 307 g/mol. The molecule has 0 heterocycles. The summed E-state index contributed by atoms with van der Waals surface area (Å²) in [4.78, 5) is 11.7. The van der Waals surface area contributed by atoms with Gasteiger partial charge in [-0.1, -0.05) is 0 Å². The second-order valence-electron chi connectivity index (χ2n) is 4.07. The summed E-state index contributed by atoms with van der Waals surface area (Å²) >= 11 is 5.52. The molecule has 0 aliphatic carbocycles. The van der Waals surface area contributed by atoms with Gasteiger partial charge >= 0.3 is 0 Å². The van der Waals surface area contributed by atoms with Gasteiger partial charge in [0, 0.05) is 24.3 Å². The Balaban J connectivity index is 2.59. The maximum Gasteiger partial charge on any atom is 0.263 e. The predicted octanol–water partition coefficient (Wildman–Crippen LogP) is 2.65. The van der Waals surface area contributed by atoms with E-state index in [2.05, 4.69) is 10.6 Å². The van der Waals surface area contributed by atoms with Crippen LogP contribution in [0.1, 0.15) is 13.3 Å². The maximum absolute atomic E-state index is 11.7. The predicted molar refractivity (Wildman–Crippen MR) is 83.3 cm³/mol. The molecule has 5 nitrogen and oxygen atoms in total. The van der Waals surface area contributed by atoms with Gasteiger partial charge in [-0.15, -0.1) is 11.6 Å². The van der Waals surface area contributed by atoms with Crippen molar-refractivity contribution in [3.8, 4) is 11.8 Å². The lowest BCUT2D eigenvalue weighted by Crippen LogP contribution is -2.26. The lowest BCUT2D eigenvalue weighted by Gasteiger charge is -2.06. The third kappa shape index (κ3) is 6.19. The van der Waals surface area contributed by atoms with Gasteiger partial charge in [-0.05, 0) is 37.6 Å². The van der Waals surface area contributed by atoms with Crippen molar-refractivity contribution in [2.75, 3.05) is 24.3 Å². The van der Waals surface area contributed by atoms with Crippen LogP contribution in [-0.2, 0) is 4.79 Å². The minimum absolute atomic E-state index is 0.0125. The van der Waals surface area contributed by atoms with Gasteiger partial charge in [0.25, 0.3) is 5.91 Å². The van der Waals surface area contributed by atoms with E-state index >= 15 is 0 Å². The number of nitrogens with zero attached hydrogens (tertiary/aromatic N) is 1. The zero-order chi connectivity index (χ0) is 15.5. The molecule has 1 rings (SSSR count). The van der Waals surface area contributed by atoms with E-state index in [4.69, 9.17) is 21.6 Å². The van der Waals surface area contributed by atoms with Gasteiger partial charge in [-0.2, -0.15) is 5.26 Å². The van der Waals surface area contributed by atoms with Crippen molar-refractivity contribution in [3.05, 3.63) is 36.0 Å². The summed E-state index contributed by atoms with van der Waals surface area (Å²) in [6.07, 6.45) is 2.05. The van der Waals surface area contributed by atoms with Crippen molar-refractivity contribution >= 4 is 23.2 Å². The summed E-state index contributed by atoms with van der Waals surface area (Å²) in [6.45, 7) is 2.97. The zero-order valence-corrected chi connectivity index (χ0v) is 12.6. The molecule has 0 aromatic heterocycles. The number of halogens is 1. The fourth-order valence-corrected chi connectivity index (χ4v) is 1.62. The Morgan fingerprint density at radius 1 is 1.43 bits per heavy atom. The van der Waals surface area contributed by atoms with Crippen LogP contribution in [0.15, 0.2) is 36.0 Å². The third-order valence-electron chi connectivity index (χ3n) is 2.51. The number of benzene rings is 1. The van der Waals surface area contributed by atoms with Gasteiger partial charge in [0.2, 0.25) is 0 Å². The van der Waals surface area contributed by atoms with E-state index in [1.165, 1.54) is 6.20 Å².